The number of carbonyl (C=O) groups excluding carboxylic acids is 3. The molecule has 0 bridgehead atoms. The highest BCUT2D eigenvalue weighted by molar-refractivity contribution is 6.22. The van der Waals surface area contributed by atoms with E-state index in [-0.39, 0.29) is 6.61 Å². The van der Waals surface area contributed by atoms with Gasteiger partial charge in [-0.05, 0) is 43.3 Å². The lowest BCUT2D eigenvalue weighted by molar-refractivity contribution is -0.149. The SMILES string of the molecule is CCN(CC)Cc1ccc(COC(=O)C(C)N2C(=O)c3ccccc3C2=O)cc1. The maximum absolute atomic E-state index is 12.5. The van der Waals surface area contributed by atoms with E-state index in [0.717, 1.165) is 30.1 Å². The van der Waals surface area contributed by atoms with Gasteiger partial charge in [0, 0.05) is 6.54 Å². The molecule has 0 spiro atoms. The van der Waals surface area contributed by atoms with Crippen LogP contribution < -0.4 is 0 Å². The number of hydrogen-bond acceptors (Lipinski definition) is 5. The van der Waals surface area contributed by atoms with Gasteiger partial charge in [-0.25, -0.2) is 4.79 Å². The van der Waals surface area contributed by atoms with Crippen molar-refractivity contribution in [3.63, 3.8) is 0 Å². The maximum atomic E-state index is 12.5. The second-order valence-corrected chi connectivity index (χ2v) is 7.09. The summed E-state index contributed by atoms with van der Waals surface area (Å²) in [5, 5.41) is 0. The quantitative estimate of drug-likeness (QED) is 0.508. The van der Waals surface area contributed by atoms with Crippen molar-refractivity contribution in [3.8, 4) is 0 Å². The first kappa shape index (κ1) is 20.7. The fraction of sp³-hybridized carbons (Fsp3) is 0.348. The Labute approximate surface area is 171 Å². The van der Waals surface area contributed by atoms with E-state index >= 15 is 0 Å². The summed E-state index contributed by atoms with van der Waals surface area (Å²) in [6.07, 6.45) is 0. The van der Waals surface area contributed by atoms with Crippen LogP contribution in [0.25, 0.3) is 0 Å². The summed E-state index contributed by atoms with van der Waals surface area (Å²) < 4.78 is 5.37. The second-order valence-electron chi connectivity index (χ2n) is 7.09. The number of esters is 1. The number of benzene rings is 2. The predicted octanol–water partition coefficient (Wildman–Crippen LogP) is 3.26. The summed E-state index contributed by atoms with van der Waals surface area (Å²) in [6.45, 7) is 8.73. The lowest BCUT2D eigenvalue weighted by Crippen LogP contribution is -2.43. The molecule has 29 heavy (non-hydrogen) atoms. The Morgan fingerprint density at radius 2 is 1.45 bits per heavy atom. The average molecular weight is 394 g/mol. The first-order chi connectivity index (χ1) is 14.0. The molecule has 2 amide bonds. The van der Waals surface area contributed by atoms with Gasteiger partial charge in [0.25, 0.3) is 11.8 Å². The fourth-order valence-corrected chi connectivity index (χ4v) is 3.39. The normalized spacial score (nSPS) is 14.3. The van der Waals surface area contributed by atoms with Crippen molar-refractivity contribution in [1.82, 2.24) is 9.80 Å². The van der Waals surface area contributed by atoms with E-state index in [2.05, 4.69) is 18.7 Å². The molecule has 0 saturated carbocycles. The van der Waals surface area contributed by atoms with Crippen molar-refractivity contribution in [2.45, 2.75) is 40.0 Å². The van der Waals surface area contributed by atoms with Crippen LogP contribution >= 0.6 is 0 Å². The number of rotatable bonds is 8. The molecular formula is C23H26N2O4. The number of carbonyl (C=O) groups is 3. The van der Waals surface area contributed by atoms with Crippen molar-refractivity contribution < 1.29 is 19.1 Å². The molecule has 0 aliphatic carbocycles. The summed E-state index contributed by atoms with van der Waals surface area (Å²) in [5.74, 6) is -1.53. The van der Waals surface area contributed by atoms with Crippen LogP contribution in [-0.2, 0) is 22.7 Å². The molecule has 1 unspecified atom stereocenters. The van der Waals surface area contributed by atoms with Crippen LogP contribution in [0, 0.1) is 0 Å². The Kier molecular flexibility index (Phi) is 6.44. The van der Waals surface area contributed by atoms with Crippen LogP contribution in [0.2, 0.25) is 0 Å². The topological polar surface area (TPSA) is 66.9 Å². The highest BCUT2D eigenvalue weighted by Crippen LogP contribution is 2.25. The van der Waals surface area contributed by atoms with Gasteiger partial charge < -0.3 is 4.74 Å². The van der Waals surface area contributed by atoms with Crippen LogP contribution in [0.4, 0.5) is 0 Å². The Morgan fingerprint density at radius 1 is 0.931 bits per heavy atom. The number of amides is 2. The highest BCUT2D eigenvalue weighted by Gasteiger charge is 2.41. The van der Waals surface area contributed by atoms with Gasteiger partial charge >= 0.3 is 5.97 Å². The number of imide groups is 1. The molecule has 6 heteroatoms. The lowest BCUT2D eigenvalue weighted by atomic mass is 10.1. The van der Waals surface area contributed by atoms with Gasteiger partial charge in [-0.2, -0.15) is 0 Å². The molecule has 152 valence electrons. The van der Waals surface area contributed by atoms with Crippen LogP contribution in [0.3, 0.4) is 0 Å². The zero-order chi connectivity index (χ0) is 21.0. The number of hydrogen-bond donors (Lipinski definition) is 0. The third-order valence-corrected chi connectivity index (χ3v) is 5.26. The van der Waals surface area contributed by atoms with Crippen LogP contribution in [-0.4, -0.2) is 46.7 Å². The highest BCUT2D eigenvalue weighted by atomic mass is 16.5. The van der Waals surface area contributed by atoms with Crippen LogP contribution in [0.1, 0.15) is 52.6 Å². The molecule has 0 radical (unpaired) electrons. The summed E-state index contributed by atoms with van der Waals surface area (Å²) in [6, 6.07) is 13.5. The minimum atomic E-state index is -0.982. The molecule has 1 heterocycles. The van der Waals surface area contributed by atoms with Gasteiger partial charge in [0.05, 0.1) is 11.1 Å². The fourth-order valence-electron chi connectivity index (χ4n) is 3.39. The smallest absolute Gasteiger partial charge is 0.329 e. The zero-order valence-corrected chi connectivity index (χ0v) is 17.1. The van der Waals surface area contributed by atoms with Crippen LogP contribution in [0.5, 0.6) is 0 Å². The second kappa shape index (κ2) is 9.01. The Balaban J connectivity index is 1.58. The van der Waals surface area contributed by atoms with Gasteiger partial charge in [-0.3, -0.25) is 19.4 Å². The molecule has 0 N–H and O–H groups in total. The van der Waals surface area contributed by atoms with Gasteiger partial charge in [-0.15, -0.1) is 0 Å². The largest absolute Gasteiger partial charge is 0.459 e. The number of fused-ring (bicyclic) bond motifs is 1. The summed E-state index contributed by atoms with van der Waals surface area (Å²) in [4.78, 5) is 40.7. The predicted molar refractivity (Wildman–Crippen MR) is 109 cm³/mol. The Bertz CT molecular complexity index is 868. The summed E-state index contributed by atoms with van der Waals surface area (Å²) in [7, 11) is 0. The molecule has 0 saturated heterocycles. The molecular weight excluding hydrogens is 368 g/mol. The van der Waals surface area contributed by atoms with Gasteiger partial charge in [0.1, 0.15) is 12.6 Å². The molecule has 1 aliphatic heterocycles. The van der Waals surface area contributed by atoms with Gasteiger partial charge in [0.15, 0.2) is 0 Å². The first-order valence-corrected chi connectivity index (χ1v) is 9.90. The third-order valence-electron chi connectivity index (χ3n) is 5.26. The molecule has 6 nitrogen and oxygen atoms in total. The van der Waals surface area contributed by atoms with Crippen molar-refractivity contribution in [2.75, 3.05) is 13.1 Å². The van der Waals surface area contributed by atoms with E-state index in [0.29, 0.717) is 11.1 Å². The zero-order valence-electron chi connectivity index (χ0n) is 17.1. The van der Waals surface area contributed by atoms with E-state index < -0.39 is 23.8 Å². The molecule has 2 aromatic carbocycles. The Morgan fingerprint density at radius 3 is 1.97 bits per heavy atom. The lowest BCUT2D eigenvalue weighted by Gasteiger charge is -2.21. The molecule has 2 aromatic rings. The summed E-state index contributed by atoms with van der Waals surface area (Å²) >= 11 is 0. The van der Waals surface area contributed by atoms with E-state index in [4.69, 9.17) is 4.74 Å². The van der Waals surface area contributed by atoms with E-state index in [1.54, 1.807) is 24.3 Å². The maximum Gasteiger partial charge on any atom is 0.329 e. The van der Waals surface area contributed by atoms with Crippen molar-refractivity contribution in [1.29, 1.82) is 0 Å². The van der Waals surface area contributed by atoms with Gasteiger partial charge in [-0.1, -0.05) is 50.2 Å². The Hall–Kier alpha value is -2.99. The van der Waals surface area contributed by atoms with Gasteiger partial charge in [0.2, 0.25) is 0 Å². The molecule has 0 fully saturated rings. The number of nitrogens with zero attached hydrogens (tertiary/aromatic N) is 2. The monoisotopic (exact) mass is 394 g/mol. The average Bonchev–Trinajstić information content (AvgIpc) is 3.01. The minimum Gasteiger partial charge on any atom is -0.459 e. The molecule has 0 aromatic heterocycles. The molecule has 1 atom stereocenters. The standard InChI is InChI=1S/C23H26N2O4/c1-4-24(5-2)14-17-10-12-18(13-11-17)15-29-23(28)16(3)25-21(26)19-8-6-7-9-20(19)22(25)27/h6-13,16H,4-5,14-15H2,1-3H3. The molecule has 3 rings (SSSR count). The van der Waals surface area contributed by atoms with Crippen LogP contribution in [0.15, 0.2) is 48.5 Å². The van der Waals surface area contributed by atoms with Crippen molar-refractivity contribution >= 4 is 17.8 Å². The third kappa shape index (κ3) is 4.38. The van der Waals surface area contributed by atoms with Crippen molar-refractivity contribution in [2.24, 2.45) is 0 Å². The van der Waals surface area contributed by atoms with E-state index in [1.807, 2.05) is 24.3 Å². The van der Waals surface area contributed by atoms with E-state index in [9.17, 15) is 14.4 Å². The molecule has 1 aliphatic rings. The summed E-state index contributed by atoms with van der Waals surface area (Å²) in [5.41, 5.74) is 2.70. The van der Waals surface area contributed by atoms with Crippen molar-refractivity contribution in [3.05, 3.63) is 70.8 Å². The first-order valence-electron chi connectivity index (χ1n) is 9.90. The minimum absolute atomic E-state index is 0.0951. The number of ether oxygens (including phenoxy) is 1. The van der Waals surface area contributed by atoms with E-state index in [1.165, 1.54) is 12.5 Å².